The highest BCUT2D eigenvalue weighted by Crippen LogP contribution is 2.46. The minimum Gasteiger partial charge on any atom is -0.349 e. The largest absolute Gasteiger partial charge is 0.349 e. The fourth-order valence-electron chi connectivity index (χ4n) is 4.44. The number of aromatic nitrogens is 1. The Bertz CT molecular complexity index is 660. The van der Waals surface area contributed by atoms with Gasteiger partial charge in [0.2, 0.25) is 0 Å². The van der Waals surface area contributed by atoms with E-state index in [1.165, 1.54) is 35.3 Å². The van der Waals surface area contributed by atoms with E-state index in [1.807, 2.05) is 11.8 Å². The lowest BCUT2D eigenvalue weighted by Crippen LogP contribution is -2.47. The molecule has 3 heteroatoms. The van der Waals surface area contributed by atoms with Crippen molar-refractivity contribution in [1.29, 1.82) is 0 Å². The number of nitrogens with one attached hydrogen (secondary N) is 1. The highest BCUT2D eigenvalue weighted by molar-refractivity contribution is 7.98. The zero-order valence-electron chi connectivity index (χ0n) is 12.4. The topological polar surface area (TPSA) is 19.0 Å². The van der Waals surface area contributed by atoms with Crippen molar-refractivity contribution in [3.63, 3.8) is 0 Å². The normalized spacial score (nSPS) is 29.6. The Morgan fingerprint density at radius 3 is 3.00 bits per heavy atom. The second-order valence-electron chi connectivity index (χ2n) is 6.57. The third-order valence-electron chi connectivity index (χ3n) is 5.22. The van der Waals surface area contributed by atoms with Crippen molar-refractivity contribution in [1.82, 2.24) is 9.88 Å². The van der Waals surface area contributed by atoms with Crippen LogP contribution in [0.15, 0.2) is 23.2 Å². The predicted octanol–water partition coefficient (Wildman–Crippen LogP) is 3.87. The van der Waals surface area contributed by atoms with Gasteiger partial charge in [-0.3, -0.25) is 0 Å². The molecule has 2 aliphatic rings. The molecule has 20 heavy (non-hydrogen) atoms. The minimum absolute atomic E-state index is 0.686. The molecule has 0 radical (unpaired) electrons. The molecule has 0 amide bonds. The average molecular weight is 286 g/mol. The number of piperidine rings is 1. The summed E-state index contributed by atoms with van der Waals surface area (Å²) < 4.78 is 0. The Morgan fingerprint density at radius 1 is 1.35 bits per heavy atom. The molecule has 2 aromatic rings. The van der Waals surface area contributed by atoms with Gasteiger partial charge in [0.05, 0.1) is 5.03 Å². The van der Waals surface area contributed by atoms with Crippen LogP contribution < -0.4 is 0 Å². The quantitative estimate of drug-likeness (QED) is 0.803. The number of likely N-dealkylation sites (tertiary alicyclic amines) is 1. The Kier molecular flexibility index (Phi) is 2.90. The van der Waals surface area contributed by atoms with E-state index in [-0.39, 0.29) is 0 Å². The summed E-state index contributed by atoms with van der Waals surface area (Å²) in [5.41, 5.74) is 4.48. The highest BCUT2D eigenvalue weighted by atomic mass is 32.2. The Hall–Kier alpha value is -0.930. The van der Waals surface area contributed by atoms with Crippen LogP contribution in [0.3, 0.4) is 0 Å². The monoisotopic (exact) mass is 286 g/mol. The summed E-state index contributed by atoms with van der Waals surface area (Å²) >= 11 is 1.86. The lowest BCUT2D eigenvalue weighted by molar-refractivity contribution is 0.119. The van der Waals surface area contributed by atoms with Gasteiger partial charge in [0.1, 0.15) is 0 Å². The number of thioether (sulfide) groups is 1. The molecule has 2 heterocycles. The second kappa shape index (κ2) is 4.54. The van der Waals surface area contributed by atoms with E-state index in [0.29, 0.717) is 12.0 Å². The van der Waals surface area contributed by atoms with Gasteiger partial charge in [-0.15, -0.1) is 11.8 Å². The van der Waals surface area contributed by atoms with Gasteiger partial charge in [0, 0.05) is 29.4 Å². The number of fused-ring (bicyclic) bond motifs is 2. The molecule has 1 unspecified atom stereocenters. The molecular formula is C17H22N2S. The van der Waals surface area contributed by atoms with Crippen molar-refractivity contribution >= 4 is 22.7 Å². The number of H-pyrrole nitrogens is 1. The van der Waals surface area contributed by atoms with Crippen molar-refractivity contribution in [2.45, 2.75) is 36.8 Å². The summed E-state index contributed by atoms with van der Waals surface area (Å²) in [6, 6.07) is 7.51. The molecule has 3 atom stereocenters. The third-order valence-corrected chi connectivity index (χ3v) is 5.98. The summed E-state index contributed by atoms with van der Waals surface area (Å²) in [6.07, 6.45) is 4.73. The van der Waals surface area contributed by atoms with Gasteiger partial charge in [-0.2, -0.15) is 0 Å². The SMILES string of the molecule is CSc1[nH]c2cccc3c2c1C[C@@H]1C3C[C@@H](C)CN1C. The van der Waals surface area contributed by atoms with Crippen molar-refractivity contribution in [2.24, 2.45) is 5.92 Å². The first-order chi connectivity index (χ1) is 9.69. The lowest BCUT2D eigenvalue weighted by Gasteiger charge is -2.45. The van der Waals surface area contributed by atoms with Crippen LogP contribution >= 0.6 is 11.8 Å². The molecule has 0 spiro atoms. The van der Waals surface area contributed by atoms with E-state index in [4.69, 9.17) is 0 Å². The number of rotatable bonds is 1. The zero-order chi connectivity index (χ0) is 13.9. The molecule has 0 saturated carbocycles. The molecule has 2 nitrogen and oxygen atoms in total. The van der Waals surface area contributed by atoms with E-state index in [2.05, 4.69) is 48.3 Å². The standard InChI is InChI=1S/C17H22N2S/c1-10-7-12-11-5-4-6-14-16(11)13(17(18-14)20-3)8-15(12)19(2)9-10/h4-6,10,12,15,18H,7-9H2,1-3H3/t10-,12?,15-/m1/s1. The van der Waals surface area contributed by atoms with Crippen LogP contribution in [0.4, 0.5) is 0 Å². The Labute approximate surface area is 124 Å². The molecule has 1 fully saturated rings. The zero-order valence-corrected chi connectivity index (χ0v) is 13.3. The van der Waals surface area contributed by atoms with Crippen LogP contribution in [-0.2, 0) is 6.42 Å². The first-order valence-corrected chi connectivity index (χ1v) is 8.79. The number of nitrogens with zero attached hydrogens (tertiary/aromatic N) is 1. The summed E-state index contributed by atoms with van der Waals surface area (Å²) in [7, 11) is 2.31. The maximum Gasteiger partial charge on any atom is 0.0763 e. The molecule has 1 aromatic heterocycles. The van der Waals surface area contributed by atoms with E-state index in [9.17, 15) is 0 Å². The van der Waals surface area contributed by atoms with Gasteiger partial charge < -0.3 is 9.88 Å². The molecule has 0 bridgehead atoms. The van der Waals surface area contributed by atoms with Crippen LogP contribution in [0.2, 0.25) is 0 Å². The maximum absolute atomic E-state index is 3.63. The molecular weight excluding hydrogens is 264 g/mol. The predicted molar refractivity (Wildman–Crippen MR) is 86.7 cm³/mol. The number of aromatic amines is 1. The van der Waals surface area contributed by atoms with Gasteiger partial charge in [0.15, 0.2) is 0 Å². The number of hydrogen-bond donors (Lipinski definition) is 1. The van der Waals surface area contributed by atoms with Crippen molar-refractivity contribution in [2.75, 3.05) is 19.8 Å². The maximum atomic E-state index is 3.63. The van der Waals surface area contributed by atoms with E-state index < -0.39 is 0 Å². The van der Waals surface area contributed by atoms with E-state index >= 15 is 0 Å². The fraction of sp³-hybridized carbons (Fsp3) is 0.529. The Balaban J connectivity index is 1.94. The lowest BCUT2D eigenvalue weighted by atomic mass is 9.73. The smallest absolute Gasteiger partial charge is 0.0763 e. The highest BCUT2D eigenvalue weighted by Gasteiger charge is 2.38. The second-order valence-corrected chi connectivity index (χ2v) is 7.38. The third kappa shape index (κ3) is 1.69. The fourth-order valence-corrected chi connectivity index (χ4v) is 5.08. The molecule has 106 valence electrons. The first kappa shape index (κ1) is 12.8. The summed E-state index contributed by atoms with van der Waals surface area (Å²) in [4.78, 5) is 6.22. The average Bonchev–Trinajstić information content (AvgIpc) is 2.80. The number of likely N-dealkylation sites (N-methyl/N-ethyl adjacent to an activating group) is 1. The summed E-state index contributed by atoms with van der Waals surface area (Å²) in [5.74, 6) is 1.52. The number of hydrogen-bond acceptors (Lipinski definition) is 2. The van der Waals surface area contributed by atoms with E-state index in [0.717, 1.165) is 5.92 Å². The molecule has 1 aliphatic carbocycles. The van der Waals surface area contributed by atoms with Crippen molar-refractivity contribution in [3.8, 4) is 0 Å². The number of benzene rings is 1. The van der Waals surface area contributed by atoms with Gasteiger partial charge in [-0.05, 0) is 49.3 Å². The molecule has 4 rings (SSSR count). The van der Waals surface area contributed by atoms with Crippen LogP contribution in [0, 0.1) is 5.92 Å². The van der Waals surface area contributed by atoms with Gasteiger partial charge in [-0.1, -0.05) is 19.1 Å². The molecule has 1 saturated heterocycles. The summed E-state index contributed by atoms with van der Waals surface area (Å²) in [6.45, 7) is 3.64. The van der Waals surface area contributed by atoms with E-state index in [1.54, 1.807) is 11.1 Å². The minimum atomic E-state index is 0.686. The molecule has 1 aromatic carbocycles. The van der Waals surface area contributed by atoms with Crippen molar-refractivity contribution in [3.05, 3.63) is 29.3 Å². The van der Waals surface area contributed by atoms with Crippen LogP contribution in [0.1, 0.15) is 30.4 Å². The molecule has 1 N–H and O–H groups in total. The van der Waals surface area contributed by atoms with Crippen LogP contribution in [-0.4, -0.2) is 35.8 Å². The van der Waals surface area contributed by atoms with Crippen molar-refractivity contribution < 1.29 is 0 Å². The van der Waals surface area contributed by atoms with Gasteiger partial charge in [0.25, 0.3) is 0 Å². The first-order valence-electron chi connectivity index (χ1n) is 7.56. The van der Waals surface area contributed by atoms with Crippen LogP contribution in [0.5, 0.6) is 0 Å². The van der Waals surface area contributed by atoms with Gasteiger partial charge >= 0.3 is 0 Å². The Morgan fingerprint density at radius 2 is 2.20 bits per heavy atom. The molecule has 1 aliphatic heterocycles. The summed E-state index contributed by atoms with van der Waals surface area (Å²) in [5, 5.41) is 2.90. The van der Waals surface area contributed by atoms with Crippen LogP contribution in [0.25, 0.3) is 10.9 Å². The van der Waals surface area contributed by atoms with Gasteiger partial charge in [-0.25, -0.2) is 0 Å².